The normalized spacial score (nSPS) is 12.3. The van der Waals surface area contributed by atoms with Crippen LogP contribution in [0.5, 0.6) is 0 Å². The topological polar surface area (TPSA) is 105 Å². The molecule has 5 rings (SSSR count). The smallest absolute Gasteiger partial charge is 0.331 e. The summed E-state index contributed by atoms with van der Waals surface area (Å²) >= 11 is 0. The highest BCUT2D eigenvalue weighted by Gasteiger charge is 2.25. The number of aromatic nitrogens is 4. The van der Waals surface area contributed by atoms with Gasteiger partial charge in [-0.05, 0) is 66.4 Å². The van der Waals surface area contributed by atoms with Gasteiger partial charge in [0.1, 0.15) is 17.8 Å². The first-order chi connectivity index (χ1) is 17.7. The predicted octanol–water partition coefficient (Wildman–Crippen LogP) is 3.77. The number of rotatable bonds is 7. The Morgan fingerprint density at radius 3 is 2.51 bits per heavy atom. The zero-order valence-electron chi connectivity index (χ0n) is 20.7. The van der Waals surface area contributed by atoms with Gasteiger partial charge in [-0.1, -0.05) is 18.2 Å². The number of carbonyl (C=O) groups is 2. The lowest BCUT2D eigenvalue weighted by molar-refractivity contribution is -0.108. The molecule has 0 aliphatic carbocycles. The first-order valence-electron chi connectivity index (χ1n) is 11.9. The van der Waals surface area contributed by atoms with E-state index in [0.29, 0.717) is 17.4 Å². The molecule has 8 nitrogen and oxygen atoms in total. The number of pyridine rings is 1. The van der Waals surface area contributed by atoms with Gasteiger partial charge in [0.2, 0.25) is 0 Å². The van der Waals surface area contributed by atoms with E-state index in [1.54, 1.807) is 10.6 Å². The van der Waals surface area contributed by atoms with Crippen LogP contribution < -0.4 is 11.4 Å². The minimum absolute atomic E-state index is 0.00107. The van der Waals surface area contributed by atoms with Crippen LogP contribution in [-0.4, -0.2) is 30.9 Å². The zero-order valence-corrected chi connectivity index (χ0v) is 20.7. The summed E-state index contributed by atoms with van der Waals surface area (Å²) in [4.78, 5) is 42.0. The van der Waals surface area contributed by atoms with E-state index in [9.17, 15) is 18.8 Å². The summed E-state index contributed by atoms with van der Waals surface area (Å²) in [6.07, 6.45) is 2.67. The Labute approximate surface area is 211 Å². The second-order valence-corrected chi connectivity index (χ2v) is 9.35. The van der Waals surface area contributed by atoms with Crippen molar-refractivity contribution >= 4 is 34.3 Å². The van der Waals surface area contributed by atoms with Crippen molar-refractivity contribution in [2.24, 2.45) is 12.8 Å². The highest BCUT2D eigenvalue weighted by Crippen LogP contribution is 2.29. The van der Waals surface area contributed by atoms with Crippen molar-refractivity contribution in [3.63, 3.8) is 0 Å². The monoisotopic (exact) mass is 499 g/mol. The standard InChI is InChI=1S/C28H26FN5O3/c1-16-12-17(2)25-19(14-32(3)24(25)13-16)15-33-23-9-8-21(26(30)36)31-27(23)34(28(33)37)22(10-11-35)18-4-6-20(29)7-5-18/h4-9,11-14,22H,10,15H2,1-3H3,(H2,30,36)/t22-/m1/s1. The van der Waals surface area contributed by atoms with Crippen LogP contribution in [-0.2, 0) is 18.4 Å². The third kappa shape index (κ3) is 4.12. The van der Waals surface area contributed by atoms with Crippen LogP contribution in [0.3, 0.4) is 0 Å². The highest BCUT2D eigenvalue weighted by molar-refractivity contribution is 5.93. The van der Waals surface area contributed by atoms with Crippen LogP contribution in [0.4, 0.5) is 4.39 Å². The minimum atomic E-state index is -0.748. The molecule has 0 bridgehead atoms. The van der Waals surface area contributed by atoms with E-state index < -0.39 is 23.5 Å². The van der Waals surface area contributed by atoms with Crippen LogP contribution in [0.1, 0.15) is 45.2 Å². The number of hydrogen-bond donors (Lipinski definition) is 1. The van der Waals surface area contributed by atoms with Crippen LogP contribution in [0.25, 0.3) is 22.1 Å². The number of hydrogen-bond acceptors (Lipinski definition) is 4. The second-order valence-electron chi connectivity index (χ2n) is 9.35. The van der Waals surface area contributed by atoms with Gasteiger partial charge in [0, 0.05) is 30.6 Å². The third-order valence-electron chi connectivity index (χ3n) is 6.79. The van der Waals surface area contributed by atoms with Crippen molar-refractivity contribution < 1.29 is 14.0 Å². The molecule has 2 N–H and O–H groups in total. The molecule has 0 fully saturated rings. The summed E-state index contributed by atoms with van der Waals surface area (Å²) in [5, 5.41) is 1.06. The number of primary amides is 1. The summed E-state index contributed by atoms with van der Waals surface area (Å²) in [5.74, 6) is -1.17. The summed E-state index contributed by atoms with van der Waals surface area (Å²) in [5.41, 5.74) is 10.6. The van der Waals surface area contributed by atoms with E-state index in [0.717, 1.165) is 27.6 Å². The highest BCUT2D eigenvalue weighted by atomic mass is 19.1. The van der Waals surface area contributed by atoms with Gasteiger partial charge in [0.25, 0.3) is 5.91 Å². The van der Waals surface area contributed by atoms with Crippen LogP contribution >= 0.6 is 0 Å². The fourth-order valence-electron chi connectivity index (χ4n) is 5.19. The Hall–Kier alpha value is -4.53. The van der Waals surface area contributed by atoms with Crippen molar-refractivity contribution in [2.75, 3.05) is 0 Å². The number of halogens is 1. The maximum Gasteiger partial charge on any atom is 0.331 e. The SMILES string of the molecule is Cc1cc(C)c2c(Cn3c(=O)n([C@H](CC=O)c4ccc(F)cc4)c4nc(C(N)=O)ccc43)cn(C)c2c1. The second kappa shape index (κ2) is 9.16. The maximum atomic E-state index is 14.0. The van der Waals surface area contributed by atoms with Gasteiger partial charge in [0.05, 0.1) is 18.1 Å². The number of fused-ring (bicyclic) bond motifs is 2. The van der Waals surface area contributed by atoms with Crippen molar-refractivity contribution in [3.8, 4) is 0 Å². The minimum Gasteiger partial charge on any atom is -0.364 e. The number of amides is 1. The average molecular weight is 500 g/mol. The number of aryl methyl sites for hydroxylation is 3. The van der Waals surface area contributed by atoms with Gasteiger partial charge in [-0.25, -0.2) is 14.2 Å². The molecule has 188 valence electrons. The quantitative estimate of drug-likeness (QED) is 0.344. The first-order valence-corrected chi connectivity index (χ1v) is 11.9. The van der Waals surface area contributed by atoms with E-state index in [-0.39, 0.29) is 24.3 Å². The van der Waals surface area contributed by atoms with Crippen LogP contribution in [0.15, 0.2) is 59.5 Å². The van der Waals surface area contributed by atoms with E-state index >= 15 is 0 Å². The largest absolute Gasteiger partial charge is 0.364 e. The number of benzene rings is 2. The number of aldehydes is 1. The van der Waals surface area contributed by atoms with Gasteiger partial charge in [-0.15, -0.1) is 0 Å². The summed E-state index contributed by atoms with van der Waals surface area (Å²) in [6.45, 7) is 4.33. The Balaban J connectivity index is 1.76. The maximum absolute atomic E-state index is 14.0. The Morgan fingerprint density at radius 1 is 1.11 bits per heavy atom. The van der Waals surface area contributed by atoms with Gasteiger partial charge in [-0.3, -0.25) is 13.9 Å². The fourth-order valence-corrected chi connectivity index (χ4v) is 5.19. The molecular weight excluding hydrogens is 473 g/mol. The molecule has 0 radical (unpaired) electrons. The Kier molecular flexibility index (Phi) is 5.99. The third-order valence-corrected chi connectivity index (χ3v) is 6.79. The number of imidazole rings is 1. The Morgan fingerprint density at radius 2 is 1.84 bits per heavy atom. The fraction of sp³-hybridized carbons (Fsp3) is 0.214. The molecule has 3 aromatic heterocycles. The molecule has 1 atom stereocenters. The van der Waals surface area contributed by atoms with E-state index in [1.165, 1.54) is 34.9 Å². The molecular formula is C28H26FN5O3. The van der Waals surface area contributed by atoms with Crippen molar-refractivity contribution in [1.82, 2.24) is 18.7 Å². The molecule has 3 heterocycles. The average Bonchev–Trinajstić information content (AvgIpc) is 3.31. The summed E-state index contributed by atoms with van der Waals surface area (Å²) < 4.78 is 18.7. The lowest BCUT2D eigenvalue weighted by Crippen LogP contribution is -2.29. The molecule has 5 aromatic rings. The number of carbonyl (C=O) groups excluding carboxylic acids is 2. The molecule has 0 spiro atoms. The van der Waals surface area contributed by atoms with Gasteiger partial charge in [-0.2, -0.15) is 0 Å². The molecule has 37 heavy (non-hydrogen) atoms. The lowest BCUT2D eigenvalue weighted by Gasteiger charge is -2.16. The predicted molar refractivity (Wildman–Crippen MR) is 139 cm³/mol. The number of nitrogens with zero attached hydrogens (tertiary/aromatic N) is 4. The Bertz CT molecular complexity index is 1740. The zero-order chi connectivity index (χ0) is 26.4. The molecule has 9 heteroatoms. The van der Waals surface area contributed by atoms with Crippen LogP contribution in [0, 0.1) is 19.7 Å². The van der Waals surface area contributed by atoms with Gasteiger partial charge < -0.3 is 15.1 Å². The molecule has 0 unspecified atom stereocenters. The molecule has 0 saturated carbocycles. The van der Waals surface area contributed by atoms with E-state index in [4.69, 9.17) is 5.73 Å². The van der Waals surface area contributed by atoms with Crippen molar-refractivity contribution in [1.29, 1.82) is 0 Å². The number of nitrogens with two attached hydrogens (primary N) is 1. The molecule has 0 saturated heterocycles. The van der Waals surface area contributed by atoms with Crippen molar-refractivity contribution in [3.05, 3.63) is 99.0 Å². The molecule has 2 aromatic carbocycles. The van der Waals surface area contributed by atoms with E-state index in [1.807, 2.05) is 31.7 Å². The van der Waals surface area contributed by atoms with Gasteiger partial charge >= 0.3 is 5.69 Å². The van der Waals surface area contributed by atoms with E-state index in [2.05, 4.69) is 17.1 Å². The lowest BCUT2D eigenvalue weighted by atomic mass is 10.0. The summed E-state index contributed by atoms with van der Waals surface area (Å²) in [6, 6.07) is 12.2. The van der Waals surface area contributed by atoms with Gasteiger partial charge in [0.15, 0.2) is 5.65 Å². The molecule has 1 amide bonds. The van der Waals surface area contributed by atoms with Crippen LogP contribution in [0.2, 0.25) is 0 Å². The first kappa shape index (κ1) is 24.2. The summed E-state index contributed by atoms with van der Waals surface area (Å²) in [7, 11) is 1.96. The van der Waals surface area contributed by atoms with Crippen molar-refractivity contribution in [2.45, 2.75) is 32.9 Å². The molecule has 0 aliphatic rings. The molecule has 0 aliphatic heterocycles.